The highest BCUT2D eigenvalue weighted by Gasteiger charge is 2.23. The van der Waals surface area contributed by atoms with Gasteiger partial charge in [0.15, 0.2) is 0 Å². The lowest BCUT2D eigenvalue weighted by Gasteiger charge is -2.27. The first-order chi connectivity index (χ1) is 7.88. The first-order valence-electron chi connectivity index (χ1n) is 5.79. The molecule has 102 valence electrons. The summed E-state index contributed by atoms with van der Waals surface area (Å²) in [6.07, 6.45) is -2.51. The largest absolute Gasteiger partial charge is 0.395 e. The Bertz CT molecular complexity index is 226. The molecular formula is C11H22F2N2O2. The number of amides is 1. The summed E-state index contributed by atoms with van der Waals surface area (Å²) in [7, 11) is 0. The molecule has 0 spiro atoms. The van der Waals surface area contributed by atoms with Gasteiger partial charge in [-0.3, -0.25) is 9.69 Å². The number of alkyl halides is 2. The molecule has 0 saturated heterocycles. The molecule has 2 N–H and O–H groups in total. The van der Waals surface area contributed by atoms with Gasteiger partial charge in [-0.1, -0.05) is 13.8 Å². The quantitative estimate of drug-likeness (QED) is 0.669. The van der Waals surface area contributed by atoms with E-state index in [0.29, 0.717) is 12.5 Å². The van der Waals surface area contributed by atoms with Crippen LogP contribution in [0.5, 0.6) is 0 Å². The molecule has 0 bridgehead atoms. The number of carbonyl (C=O) groups is 1. The minimum absolute atomic E-state index is 0.0700. The number of rotatable bonds is 8. The highest BCUT2D eigenvalue weighted by molar-refractivity contribution is 5.81. The van der Waals surface area contributed by atoms with Gasteiger partial charge in [0, 0.05) is 13.1 Å². The molecule has 0 radical (unpaired) electrons. The number of nitrogens with one attached hydrogen (secondary N) is 1. The van der Waals surface area contributed by atoms with E-state index >= 15 is 0 Å². The first-order valence-corrected chi connectivity index (χ1v) is 5.79. The van der Waals surface area contributed by atoms with Crippen molar-refractivity contribution in [3.8, 4) is 0 Å². The minimum atomic E-state index is -2.51. The Hall–Kier alpha value is -0.750. The molecule has 1 unspecified atom stereocenters. The summed E-state index contributed by atoms with van der Waals surface area (Å²) >= 11 is 0. The van der Waals surface area contributed by atoms with Crippen molar-refractivity contribution >= 4 is 5.91 Å². The second-order valence-corrected chi connectivity index (χ2v) is 4.42. The Morgan fingerprint density at radius 2 is 1.94 bits per heavy atom. The zero-order chi connectivity index (χ0) is 13.4. The third-order valence-corrected chi connectivity index (χ3v) is 2.37. The summed E-state index contributed by atoms with van der Waals surface area (Å²) in [6.45, 7) is 5.32. The van der Waals surface area contributed by atoms with Gasteiger partial charge in [0.05, 0.1) is 19.2 Å². The molecule has 1 atom stereocenters. The van der Waals surface area contributed by atoms with Gasteiger partial charge in [0.2, 0.25) is 5.91 Å². The van der Waals surface area contributed by atoms with Crippen LogP contribution >= 0.6 is 0 Å². The normalized spacial score (nSPS) is 13.5. The van der Waals surface area contributed by atoms with Crippen LogP contribution in [0.2, 0.25) is 0 Å². The van der Waals surface area contributed by atoms with Gasteiger partial charge in [-0.15, -0.1) is 0 Å². The Balaban J connectivity index is 4.27. The predicted octanol–water partition coefficient (Wildman–Crippen LogP) is 0.706. The van der Waals surface area contributed by atoms with Crippen molar-refractivity contribution in [2.75, 3.05) is 26.2 Å². The summed E-state index contributed by atoms with van der Waals surface area (Å²) in [5.41, 5.74) is 0. The van der Waals surface area contributed by atoms with Crippen LogP contribution in [0.1, 0.15) is 20.8 Å². The first kappa shape index (κ1) is 16.2. The number of aliphatic hydroxyl groups excluding tert-OH is 1. The fourth-order valence-corrected chi connectivity index (χ4v) is 1.37. The standard InChI is InChI=1S/C11H22F2N2O2/c1-8(2)6-14-11(17)9(3)15(4-5-16)7-10(12)13/h8-10,16H,4-7H2,1-3H3,(H,14,17). The molecule has 6 heteroatoms. The van der Waals surface area contributed by atoms with Crippen LogP contribution in [0.4, 0.5) is 8.78 Å². The summed E-state index contributed by atoms with van der Waals surface area (Å²) in [4.78, 5) is 12.9. The number of hydrogen-bond donors (Lipinski definition) is 2. The average Bonchev–Trinajstić information content (AvgIpc) is 2.23. The van der Waals surface area contributed by atoms with Crippen molar-refractivity contribution in [1.29, 1.82) is 0 Å². The van der Waals surface area contributed by atoms with Gasteiger partial charge in [0.25, 0.3) is 6.43 Å². The van der Waals surface area contributed by atoms with Crippen molar-refractivity contribution < 1.29 is 18.7 Å². The molecule has 0 saturated carbocycles. The maximum atomic E-state index is 12.3. The van der Waals surface area contributed by atoms with E-state index in [2.05, 4.69) is 5.32 Å². The maximum absolute atomic E-state index is 12.3. The predicted molar refractivity (Wildman–Crippen MR) is 62.0 cm³/mol. The van der Waals surface area contributed by atoms with Crippen LogP contribution < -0.4 is 5.32 Å². The third-order valence-electron chi connectivity index (χ3n) is 2.37. The van der Waals surface area contributed by atoms with E-state index in [4.69, 9.17) is 5.11 Å². The van der Waals surface area contributed by atoms with E-state index in [1.807, 2.05) is 13.8 Å². The Morgan fingerprint density at radius 3 is 2.35 bits per heavy atom. The average molecular weight is 252 g/mol. The van der Waals surface area contributed by atoms with E-state index in [0.717, 1.165) is 0 Å². The van der Waals surface area contributed by atoms with Gasteiger partial charge in [-0.25, -0.2) is 8.78 Å². The SMILES string of the molecule is CC(C)CNC(=O)C(C)N(CCO)CC(F)F. The fourth-order valence-electron chi connectivity index (χ4n) is 1.37. The van der Waals surface area contributed by atoms with E-state index in [9.17, 15) is 13.6 Å². The Morgan fingerprint density at radius 1 is 1.35 bits per heavy atom. The van der Waals surface area contributed by atoms with Gasteiger partial charge >= 0.3 is 0 Å². The van der Waals surface area contributed by atoms with Gasteiger partial charge in [-0.05, 0) is 12.8 Å². The van der Waals surface area contributed by atoms with Crippen LogP contribution in [0.3, 0.4) is 0 Å². The number of nitrogens with zero attached hydrogens (tertiary/aromatic N) is 1. The lowest BCUT2D eigenvalue weighted by molar-refractivity contribution is -0.126. The van der Waals surface area contributed by atoms with E-state index < -0.39 is 19.0 Å². The zero-order valence-corrected chi connectivity index (χ0v) is 10.6. The van der Waals surface area contributed by atoms with Crippen molar-refractivity contribution in [1.82, 2.24) is 10.2 Å². The molecule has 0 aromatic carbocycles. The summed E-state index contributed by atoms with van der Waals surface area (Å²) in [5, 5.41) is 11.5. The zero-order valence-electron chi connectivity index (χ0n) is 10.6. The molecule has 1 amide bonds. The van der Waals surface area contributed by atoms with Crippen molar-refractivity contribution in [3.63, 3.8) is 0 Å². The molecule has 0 heterocycles. The van der Waals surface area contributed by atoms with Crippen molar-refractivity contribution in [2.24, 2.45) is 5.92 Å². The van der Waals surface area contributed by atoms with Crippen LogP contribution in [0.15, 0.2) is 0 Å². The molecule has 0 aromatic heterocycles. The number of carbonyl (C=O) groups excluding carboxylic acids is 1. The smallest absolute Gasteiger partial charge is 0.251 e. The van der Waals surface area contributed by atoms with Crippen LogP contribution in [0.25, 0.3) is 0 Å². The lowest BCUT2D eigenvalue weighted by atomic mass is 10.2. The summed E-state index contributed by atoms with van der Waals surface area (Å²) < 4.78 is 24.6. The molecule has 0 aromatic rings. The maximum Gasteiger partial charge on any atom is 0.251 e. The molecule has 0 aliphatic rings. The molecule has 0 fully saturated rings. The van der Waals surface area contributed by atoms with E-state index in [1.54, 1.807) is 6.92 Å². The summed E-state index contributed by atoms with van der Waals surface area (Å²) in [5.74, 6) is 0.0281. The molecule has 4 nitrogen and oxygen atoms in total. The van der Waals surface area contributed by atoms with Gasteiger partial charge < -0.3 is 10.4 Å². The molecule has 17 heavy (non-hydrogen) atoms. The second kappa shape index (κ2) is 8.36. The lowest BCUT2D eigenvalue weighted by Crippen LogP contribution is -2.48. The highest BCUT2D eigenvalue weighted by Crippen LogP contribution is 2.04. The summed E-state index contributed by atoms with van der Waals surface area (Å²) in [6, 6.07) is -0.658. The Kier molecular flexibility index (Phi) is 7.99. The molecule has 0 rings (SSSR count). The van der Waals surface area contributed by atoms with Crippen LogP contribution in [-0.2, 0) is 4.79 Å². The van der Waals surface area contributed by atoms with Crippen LogP contribution in [0, 0.1) is 5.92 Å². The Labute approximate surface area is 101 Å². The van der Waals surface area contributed by atoms with Gasteiger partial charge in [-0.2, -0.15) is 0 Å². The third kappa shape index (κ3) is 7.23. The highest BCUT2D eigenvalue weighted by atomic mass is 19.3. The van der Waals surface area contributed by atoms with Gasteiger partial charge in [0.1, 0.15) is 0 Å². The monoisotopic (exact) mass is 252 g/mol. The van der Waals surface area contributed by atoms with Crippen molar-refractivity contribution in [3.05, 3.63) is 0 Å². The number of halogens is 2. The van der Waals surface area contributed by atoms with Crippen molar-refractivity contribution in [2.45, 2.75) is 33.2 Å². The fraction of sp³-hybridized carbons (Fsp3) is 0.909. The minimum Gasteiger partial charge on any atom is -0.395 e. The van der Waals surface area contributed by atoms with E-state index in [-0.39, 0.29) is 19.1 Å². The van der Waals surface area contributed by atoms with Crippen LogP contribution in [-0.4, -0.2) is 54.6 Å². The number of aliphatic hydroxyl groups is 1. The molecule has 0 aliphatic heterocycles. The molecular weight excluding hydrogens is 230 g/mol. The number of hydrogen-bond acceptors (Lipinski definition) is 3. The molecule has 0 aliphatic carbocycles. The second-order valence-electron chi connectivity index (χ2n) is 4.42. The topological polar surface area (TPSA) is 52.6 Å². The van der Waals surface area contributed by atoms with E-state index in [1.165, 1.54) is 4.90 Å².